The summed E-state index contributed by atoms with van der Waals surface area (Å²) in [7, 11) is 1.55. The van der Waals surface area contributed by atoms with Gasteiger partial charge in [0.1, 0.15) is 11.6 Å². The summed E-state index contributed by atoms with van der Waals surface area (Å²) in [6, 6.07) is 6.87. The lowest BCUT2D eigenvalue weighted by molar-refractivity contribution is -0.146. The molecule has 0 saturated heterocycles. The van der Waals surface area contributed by atoms with Crippen LogP contribution >= 0.6 is 11.8 Å². The van der Waals surface area contributed by atoms with Crippen molar-refractivity contribution in [3.05, 3.63) is 30.1 Å². The maximum absolute atomic E-state index is 12.8. The highest BCUT2D eigenvalue weighted by Gasteiger charge is 2.40. The van der Waals surface area contributed by atoms with Crippen LogP contribution in [-0.4, -0.2) is 33.6 Å². The van der Waals surface area contributed by atoms with Crippen LogP contribution in [0.5, 0.6) is 5.75 Å². The molecule has 1 aromatic carbocycles. The first kappa shape index (κ1) is 14.7. The number of aliphatic imine (C=N–C) groups is 1. The minimum atomic E-state index is -4.58. The lowest BCUT2D eigenvalue weighted by Gasteiger charge is -2.19. The van der Waals surface area contributed by atoms with E-state index >= 15 is 0 Å². The molecule has 6 nitrogen and oxygen atoms in total. The van der Waals surface area contributed by atoms with Gasteiger partial charge in [0.15, 0.2) is 0 Å². The summed E-state index contributed by atoms with van der Waals surface area (Å²) in [5, 5.41) is 6.83. The largest absolute Gasteiger partial charge is 0.497 e. The van der Waals surface area contributed by atoms with Gasteiger partial charge >= 0.3 is 6.18 Å². The van der Waals surface area contributed by atoms with Gasteiger partial charge < -0.3 is 4.74 Å². The number of hydrogen-bond acceptors (Lipinski definition) is 5. The van der Waals surface area contributed by atoms with Gasteiger partial charge in [-0.05, 0) is 24.3 Å². The second kappa shape index (κ2) is 5.52. The predicted molar refractivity (Wildman–Crippen MR) is 75.2 cm³/mol. The first-order chi connectivity index (χ1) is 10.5. The number of rotatable bonds is 2. The van der Waals surface area contributed by atoms with E-state index in [2.05, 4.69) is 20.6 Å². The van der Waals surface area contributed by atoms with E-state index in [0.717, 1.165) is 16.4 Å². The van der Waals surface area contributed by atoms with Crippen molar-refractivity contribution < 1.29 is 17.9 Å². The van der Waals surface area contributed by atoms with Gasteiger partial charge in [-0.2, -0.15) is 13.2 Å². The van der Waals surface area contributed by atoms with Crippen LogP contribution in [0.25, 0.3) is 0 Å². The van der Waals surface area contributed by atoms with E-state index < -0.39 is 12.0 Å². The topological polar surface area (TPSA) is 64.3 Å². The number of nitrogens with one attached hydrogen (secondary N) is 1. The van der Waals surface area contributed by atoms with Gasteiger partial charge in [0.25, 0.3) is 5.82 Å². The minimum Gasteiger partial charge on any atom is -0.497 e. The van der Waals surface area contributed by atoms with Crippen LogP contribution in [0.2, 0.25) is 0 Å². The summed E-state index contributed by atoms with van der Waals surface area (Å²) < 4.78 is 44.3. The fourth-order valence-corrected chi connectivity index (χ4v) is 2.57. The van der Waals surface area contributed by atoms with E-state index in [1.807, 2.05) is 0 Å². The molecule has 0 saturated carbocycles. The van der Waals surface area contributed by atoms with Crippen LogP contribution in [0, 0.1) is 0 Å². The Hall–Kier alpha value is -2.23. The number of thioether (sulfide) groups is 1. The van der Waals surface area contributed by atoms with Gasteiger partial charge in [0, 0.05) is 0 Å². The molecule has 10 heteroatoms. The monoisotopic (exact) mass is 329 g/mol. The molecular formula is C12H10F3N5OS. The zero-order valence-corrected chi connectivity index (χ0v) is 12.1. The van der Waals surface area contributed by atoms with E-state index in [0.29, 0.717) is 23.0 Å². The van der Waals surface area contributed by atoms with Crippen LogP contribution in [0.1, 0.15) is 5.82 Å². The molecule has 0 amide bonds. The highest BCUT2D eigenvalue weighted by molar-refractivity contribution is 7.99. The number of ether oxygens (including phenoxy) is 1. The van der Waals surface area contributed by atoms with Gasteiger partial charge in [0.05, 0.1) is 18.6 Å². The van der Waals surface area contributed by atoms with E-state index in [1.165, 1.54) is 0 Å². The van der Waals surface area contributed by atoms with Crippen LogP contribution in [0.4, 0.5) is 18.9 Å². The fourth-order valence-electron chi connectivity index (χ4n) is 1.81. The van der Waals surface area contributed by atoms with Gasteiger partial charge in [-0.3, -0.25) is 5.43 Å². The molecule has 0 atom stereocenters. The number of aromatic nitrogens is 3. The van der Waals surface area contributed by atoms with E-state index in [-0.39, 0.29) is 5.16 Å². The highest BCUT2D eigenvalue weighted by Crippen LogP contribution is 2.31. The summed E-state index contributed by atoms with van der Waals surface area (Å²) in [4.78, 5) is 4.28. The van der Waals surface area contributed by atoms with Crippen molar-refractivity contribution in [1.29, 1.82) is 0 Å². The second-order valence-electron chi connectivity index (χ2n) is 4.30. The number of fused-ring (bicyclic) bond motifs is 1. The summed E-state index contributed by atoms with van der Waals surface area (Å²) in [5.74, 6) is 0.336. The summed E-state index contributed by atoms with van der Waals surface area (Å²) >= 11 is 1.13. The Morgan fingerprint density at radius 3 is 2.64 bits per heavy atom. The first-order valence-electron chi connectivity index (χ1n) is 6.11. The number of nitrogens with zero attached hydrogens (tertiary/aromatic N) is 4. The van der Waals surface area contributed by atoms with E-state index in [1.54, 1.807) is 31.4 Å². The number of methoxy groups -OCH3 is 1. The van der Waals surface area contributed by atoms with Gasteiger partial charge in [-0.15, -0.1) is 10.2 Å². The molecule has 116 valence electrons. The molecule has 1 aliphatic rings. The third-order valence-electron chi connectivity index (χ3n) is 2.80. The molecule has 0 fully saturated rings. The lowest BCUT2D eigenvalue weighted by Crippen LogP contribution is -2.33. The van der Waals surface area contributed by atoms with E-state index in [4.69, 9.17) is 4.74 Å². The lowest BCUT2D eigenvalue weighted by atomic mass is 10.3. The Balaban J connectivity index is 1.86. The van der Waals surface area contributed by atoms with Crippen molar-refractivity contribution in [2.45, 2.75) is 11.3 Å². The highest BCUT2D eigenvalue weighted by atomic mass is 32.2. The number of alkyl halides is 3. The summed E-state index contributed by atoms with van der Waals surface area (Å²) in [6.07, 6.45) is -4.58. The Labute approximate surface area is 127 Å². The molecule has 0 bridgehead atoms. The Morgan fingerprint density at radius 1 is 1.27 bits per heavy atom. The molecule has 1 aliphatic heterocycles. The number of hydrogen-bond donors (Lipinski definition) is 1. The van der Waals surface area contributed by atoms with Crippen LogP contribution in [0.3, 0.4) is 0 Å². The van der Waals surface area contributed by atoms with E-state index in [9.17, 15) is 13.2 Å². The Kier molecular flexibility index (Phi) is 3.69. The first-order valence-corrected chi connectivity index (χ1v) is 7.10. The zero-order chi connectivity index (χ0) is 15.7. The fraction of sp³-hybridized carbons (Fsp3) is 0.250. The van der Waals surface area contributed by atoms with Crippen LogP contribution in [0.15, 0.2) is 34.4 Å². The SMILES string of the molecule is COc1ccc(N=C2CSc3nnc(C(F)(F)F)n3N2)cc1. The Morgan fingerprint density at radius 2 is 2.00 bits per heavy atom. The van der Waals surface area contributed by atoms with Crippen molar-refractivity contribution >= 4 is 23.3 Å². The van der Waals surface area contributed by atoms with Crippen molar-refractivity contribution in [3.63, 3.8) is 0 Å². The smallest absolute Gasteiger partial charge is 0.453 e. The van der Waals surface area contributed by atoms with Crippen molar-refractivity contribution in [2.24, 2.45) is 4.99 Å². The molecule has 1 N–H and O–H groups in total. The molecule has 1 aromatic heterocycles. The van der Waals surface area contributed by atoms with Crippen molar-refractivity contribution in [1.82, 2.24) is 14.9 Å². The molecule has 3 rings (SSSR count). The molecule has 22 heavy (non-hydrogen) atoms. The standard InChI is InChI=1S/C12H10F3N5OS/c1-21-8-4-2-7(3-5-8)16-9-6-22-11-18-17-10(12(13,14)15)20(11)19-9/h2-5H,6H2,1H3,(H,16,19). The average molecular weight is 329 g/mol. The molecular weight excluding hydrogens is 319 g/mol. The third-order valence-corrected chi connectivity index (χ3v) is 3.74. The summed E-state index contributed by atoms with van der Waals surface area (Å²) in [5.41, 5.74) is 3.20. The third kappa shape index (κ3) is 2.86. The van der Waals surface area contributed by atoms with Gasteiger partial charge in [0.2, 0.25) is 5.16 Å². The maximum Gasteiger partial charge on any atom is 0.453 e. The second-order valence-corrected chi connectivity index (χ2v) is 5.24. The molecule has 2 heterocycles. The average Bonchev–Trinajstić information content (AvgIpc) is 2.91. The normalized spacial score (nSPS) is 16.3. The zero-order valence-electron chi connectivity index (χ0n) is 11.3. The number of halogens is 3. The van der Waals surface area contributed by atoms with Crippen LogP contribution in [-0.2, 0) is 6.18 Å². The molecule has 0 aliphatic carbocycles. The van der Waals surface area contributed by atoms with Crippen LogP contribution < -0.4 is 10.2 Å². The minimum absolute atomic E-state index is 0.154. The predicted octanol–water partition coefficient (Wildman–Crippen LogP) is 2.68. The molecule has 0 spiro atoms. The summed E-state index contributed by atoms with van der Waals surface area (Å²) in [6.45, 7) is 0. The van der Waals surface area contributed by atoms with Crippen molar-refractivity contribution in [2.75, 3.05) is 18.3 Å². The Bertz CT molecular complexity index is 711. The number of amidine groups is 1. The van der Waals surface area contributed by atoms with Crippen molar-refractivity contribution in [3.8, 4) is 5.75 Å². The number of benzene rings is 1. The quantitative estimate of drug-likeness (QED) is 0.918. The van der Waals surface area contributed by atoms with Gasteiger partial charge in [-0.25, -0.2) is 9.67 Å². The molecule has 0 radical (unpaired) electrons. The maximum atomic E-state index is 12.8. The van der Waals surface area contributed by atoms with Gasteiger partial charge in [-0.1, -0.05) is 11.8 Å². The molecule has 2 aromatic rings. The molecule has 0 unspecified atom stereocenters.